The molecule has 0 aliphatic heterocycles. The van der Waals surface area contributed by atoms with E-state index < -0.39 is 18.2 Å². The summed E-state index contributed by atoms with van der Waals surface area (Å²) in [6.45, 7) is 6.29. The van der Waals surface area contributed by atoms with Crippen molar-refractivity contribution in [2.45, 2.75) is 244 Å². The summed E-state index contributed by atoms with van der Waals surface area (Å²) >= 11 is 0. The van der Waals surface area contributed by atoms with E-state index >= 15 is 0 Å². The highest BCUT2D eigenvalue weighted by atomic mass is 16.5. The number of aliphatic hydroxyl groups is 2. The van der Waals surface area contributed by atoms with E-state index in [0.717, 1.165) is 89.9 Å². The SMILES string of the molecule is CC\C=C/C=C/C=C/C=C\C=C\C=C\CCCCCC(=O)OC(CCCCCCC/C=C\C/C=C\CCCCC)CC(=O)NC(CO)C(O)CCCCCCCCCCCCCC. The Hall–Kier alpha value is -3.22. The molecule has 3 N–H and O–H groups in total. The smallest absolute Gasteiger partial charge is 0.306 e. The summed E-state index contributed by atoms with van der Waals surface area (Å²) in [7, 11) is 0. The zero-order chi connectivity index (χ0) is 45.9. The average molecular weight is 876 g/mol. The summed E-state index contributed by atoms with van der Waals surface area (Å²) in [5, 5.41) is 23.8. The minimum Gasteiger partial charge on any atom is -0.462 e. The van der Waals surface area contributed by atoms with Gasteiger partial charge in [-0.2, -0.15) is 0 Å². The Morgan fingerprint density at radius 3 is 1.46 bits per heavy atom. The van der Waals surface area contributed by atoms with Crippen LogP contribution in [0.3, 0.4) is 0 Å². The van der Waals surface area contributed by atoms with Crippen molar-refractivity contribution < 1.29 is 24.5 Å². The zero-order valence-electron chi connectivity index (χ0n) is 40.9. The summed E-state index contributed by atoms with van der Waals surface area (Å²) in [4.78, 5) is 26.2. The predicted molar refractivity (Wildman–Crippen MR) is 273 cm³/mol. The van der Waals surface area contributed by atoms with Crippen molar-refractivity contribution >= 4 is 11.9 Å². The van der Waals surface area contributed by atoms with Crippen LogP contribution in [0.5, 0.6) is 0 Å². The van der Waals surface area contributed by atoms with Crippen LogP contribution in [0.25, 0.3) is 0 Å². The van der Waals surface area contributed by atoms with Crippen LogP contribution < -0.4 is 5.32 Å². The molecule has 0 aromatic heterocycles. The Labute approximate surface area is 388 Å². The van der Waals surface area contributed by atoms with Crippen molar-refractivity contribution in [2.24, 2.45) is 0 Å². The molecule has 360 valence electrons. The van der Waals surface area contributed by atoms with Gasteiger partial charge in [-0.05, 0) is 77.0 Å². The van der Waals surface area contributed by atoms with Crippen LogP contribution in [0.2, 0.25) is 0 Å². The first kappa shape index (κ1) is 59.8. The molecule has 0 rings (SSSR count). The largest absolute Gasteiger partial charge is 0.462 e. The molecule has 0 aliphatic rings. The molecule has 0 heterocycles. The highest BCUT2D eigenvalue weighted by Gasteiger charge is 2.24. The summed E-state index contributed by atoms with van der Waals surface area (Å²) in [5.74, 6) is -0.545. The van der Waals surface area contributed by atoms with E-state index in [9.17, 15) is 19.8 Å². The molecule has 0 saturated heterocycles. The lowest BCUT2D eigenvalue weighted by Gasteiger charge is -2.24. The lowest BCUT2D eigenvalue weighted by molar-refractivity contribution is -0.151. The van der Waals surface area contributed by atoms with Crippen molar-refractivity contribution in [3.05, 3.63) is 97.2 Å². The highest BCUT2D eigenvalue weighted by Crippen LogP contribution is 2.17. The van der Waals surface area contributed by atoms with Crippen LogP contribution in [0, 0.1) is 0 Å². The maximum absolute atomic E-state index is 13.2. The van der Waals surface area contributed by atoms with Gasteiger partial charge in [0.1, 0.15) is 6.10 Å². The fraction of sp³-hybridized carbons (Fsp3) is 0.684. The second-order valence-electron chi connectivity index (χ2n) is 17.3. The third-order valence-corrected chi connectivity index (χ3v) is 11.3. The summed E-state index contributed by atoms with van der Waals surface area (Å²) in [5.41, 5.74) is 0. The third kappa shape index (κ3) is 45.2. The summed E-state index contributed by atoms with van der Waals surface area (Å²) in [6.07, 6.45) is 66.0. The molecule has 0 radical (unpaired) electrons. The van der Waals surface area contributed by atoms with Gasteiger partial charge in [0.25, 0.3) is 0 Å². The number of unbranched alkanes of at least 4 members (excludes halogenated alkanes) is 22. The Morgan fingerprint density at radius 2 is 0.921 bits per heavy atom. The van der Waals surface area contributed by atoms with Crippen LogP contribution in [-0.2, 0) is 14.3 Å². The van der Waals surface area contributed by atoms with E-state index in [0.29, 0.717) is 19.3 Å². The van der Waals surface area contributed by atoms with Crippen molar-refractivity contribution in [1.82, 2.24) is 5.32 Å². The Bertz CT molecular complexity index is 1260. The van der Waals surface area contributed by atoms with Gasteiger partial charge in [-0.15, -0.1) is 0 Å². The lowest BCUT2D eigenvalue weighted by atomic mass is 10.0. The Kier molecular flexibility index (Phi) is 47.2. The molecule has 6 nitrogen and oxygen atoms in total. The first-order valence-corrected chi connectivity index (χ1v) is 26.0. The molecule has 0 spiro atoms. The van der Waals surface area contributed by atoms with Gasteiger partial charge < -0.3 is 20.3 Å². The molecular formula is C57H97NO5. The fourth-order valence-corrected chi connectivity index (χ4v) is 7.37. The molecule has 0 aromatic carbocycles. The van der Waals surface area contributed by atoms with Crippen LogP contribution in [0.1, 0.15) is 226 Å². The van der Waals surface area contributed by atoms with Crippen molar-refractivity contribution in [3.8, 4) is 0 Å². The molecule has 1 amide bonds. The van der Waals surface area contributed by atoms with Gasteiger partial charge >= 0.3 is 5.97 Å². The van der Waals surface area contributed by atoms with E-state index in [2.05, 4.69) is 68.6 Å². The van der Waals surface area contributed by atoms with Gasteiger partial charge in [-0.25, -0.2) is 0 Å². The number of amides is 1. The van der Waals surface area contributed by atoms with Gasteiger partial charge in [-0.3, -0.25) is 9.59 Å². The highest BCUT2D eigenvalue weighted by molar-refractivity contribution is 5.77. The van der Waals surface area contributed by atoms with Crippen LogP contribution >= 0.6 is 0 Å². The molecule has 63 heavy (non-hydrogen) atoms. The number of ether oxygens (including phenoxy) is 1. The standard InChI is InChI=1S/C57H97NO5/c1-4-7-10-13-16-19-22-25-27-28-30-32-35-38-41-44-47-50-57(62)63-53(48-45-42-39-36-33-31-29-26-23-20-17-14-11-8-5-2)51-56(61)58-54(52-59)55(60)49-46-43-40-37-34-24-21-18-15-12-9-6-3/h7,10,13,16-17,19-20,22,25-30,32,35,53-55,59-60H,4-6,8-9,11-12,14-15,18,21,23-24,31,33-34,36-52H2,1-3H3,(H,58,61)/b10-7-,16-13+,20-17-,22-19+,27-25-,29-26-,30-28+,35-32+. The number of allylic oxidation sites excluding steroid dienone is 16. The molecule has 0 bridgehead atoms. The van der Waals surface area contributed by atoms with Gasteiger partial charge in [0, 0.05) is 6.42 Å². The molecule has 6 heteroatoms. The third-order valence-electron chi connectivity index (χ3n) is 11.3. The van der Waals surface area contributed by atoms with E-state index in [1.807, 2.05) is 54.7 Å². The van der Waals surface area contributed by atoms with Crippen molar-refractivity contribution in [1.29, 1.82) is 0 Å². The number of hydrogen-bond acceptors (Lipinski definition) is 5. The Morgan fingerprint density at radius 1 is 0.492 bits per heavy atom. The van der Waals surface area contributed by atoms with E-state index in [1.54, 1.807) is 0 Å². The minimum absolute atomic E-state index is 0.0445. The average Bonchev–Trinajstić information content (AvgIpc) is 3.28. The lowest BCUT2D eigenvalue weighted by Crippen LogP contribution is -2.46. The normalized spacial score (nSPS) is 14.0. The Balaban J connectivity index is 4.73. The number of nitrogens with one attached hydrogen (secondary N) is 1. The molecule has 0 fully saturated rings. The van der Waals surface area contributed by atoms with Crippen molar-refractivity contribution in [3.63, 3.8) is 0 Å². The second-order valence-corrected chi connectivity index (χ2v) is 17.3. The second kappa shape index (κ2) is 49.8. The molecule has 0 saturated carbocycles. The zero-order valence-corrected chi connectivity index (χ0v) is 40.9. The molecule has 3 unspecified atom stereocenters. The van der Waals surface area contributed by atoms with Gasteiger partial charge in [0.2, 0.25) is 5.91 Å². The fourth-order valence-electron chi connectivity index (χ4n) is 7.37. The van der Waals surface area contributed by atoms with E-state index in [1.165, 1.54) is 89.9 Å². The first-order valence-electron chi connectivity index (χ1n) is 26.0. The quantitative estimate of drug-likeness (QED) is 0.0245. The van der Waals surface area contributed by atoms with E-state index in [-0.39, 0.29) is 24.9 Å². The molecule has 0 aliphatic carbocycles. The number of esters is 1. The maximum atomic E-state index is 13.2. The number of hydrogen-bond donors (Lipinski definition) is 3. The molecule has 0 aromatic rings. The maximum Gasteiger partial charge on any atom is 0.306 e. The van der Waals surface area contributed by atoms with Crippen LogP contribution in [-0.4, -0.2) is 46.9 Å². The topological polar surface area (TPSA) is 95.9 Å². The van der Waals surface area contributed by atoms with Gasteiger partial charge in [0.05, 0.1) is 25.2 Å². The van der Waals surface area contributed by atoms with Crippen LogP contribution in [0.15, 0.2) is 97.2 Å². The van der Waals surface area contributed by atoms with Crippen molar-refractivity contribution in [2.75, 3.05) is 6.61 Å². The summed E-state index contributed by atoms with van der Waals surface area (Å²) in [6, 6.07) is -0.721. The van der Waals surface area contributed by atoms with Gasteiger partial charge in [0.15, 0.2) is 0 Å². The summed E-state index contributed by atoms with van der Waals surface area (Å²) < 4.78 is 5.91. The number of rotatable bonds is 45. The monoisotopic (exact) mass is 876 g/mol. The van der Waals surface area contributed by atoms with E-state index in [4.69, 9.17) is 4.74 Å². The van der Waals surface area contributed by atoms with Gasteiger partial charge in [-0.1, -0.05) is 234 Å². The number of aliphatic hydroxyl groups excluding tert-OH is 2. The minimum atomic E-state index is -0.805. The molecule has 3 atom stereocenters. The number of carbonyl (C=O) groups is 2. The van der Waals surface area contributed by atoms with Crippen LogP contribution in [0.4, 0.5) is 0 Å². The number of carbonyl (C=O) groups excluding carboxylic acids is 2. The predicted octanol–water partition coefficient (Wildman–Crippen LogP) is 15.7. The molecular weight excluding hydrogens is 779 g/mol. The first-order chi connectivity index (χ1) is 31.0.